The fraction of sp³-hybridized carbons (Fsp3) is 0.424. The number of carbonyl (C=O) groups excluding carboxylic acids is 2. The van der Waals surface area contributed by atoms with Crippen molar-refractivity contribution in [3.8, 4) is 11.8 Å². The van der Waals surface area contributed by atoms with Crippen LogP contribution in [-0.2, 0) is 18.3 Å². The van der Waals surface area contributed by atoms with Crippen molar-refractivity contribution in [1.82, 2.24) is 34.3 Å². The van der Waals surface area contributed by atoms with Gasteiger partial charge in [-0.3, -0.25) is 23.7 Å². The van der Waals surface area contributed by atoms with E-state index in [-0.39, 0.29) is 17.6 Å². The lowest BCUT2D eigenvalue weighted by atomic mass is 9.80. The third-order valence-electron chi connectivity index (χ3n) is 8.21. The van der Waals surface area contributed by atoms with Gasteiger partial charge in [0.2, 0.25) is 5.75 Å². The van der Waals surface area contributed by atoms with Crippen molar-refractivity contribution in [2.75, 3.05) is 38.0 Å². The van der Waals surface area contributed by atoms with Crippen LogP contribution in [0.1, 0.15) is 72.5 Å². The van der Waals surface area contributed by atoms with E-state index in [4.69, 9.17) is 9.26 Å². The number of benzene rings is 1. The van der Waals surface area contributed by atoms with Crippen molar-refractivity contribution in [2.24, 2.45) is 7.05 Å². The number of rotatable bonds is 9. The molecule has 15 nitrogen and oxygen atoms in total. The normalized spacial score (nSPS) is 15.0. The highest BCUT2D eigenvalue weighted by atomic mass is 16.6. The minimum Gasteiger partial charge on any atom is -0.501 e. The molecule has 0 saturated carbocycles. The summed E-state index contributed by atoms with van der Waals surface area (Å²) in [5, 5.41) is 31.3. The number of nitrogens with one attached hydrogen (secondary N) is 1. The smallest absolute Gasteiger partial charge is 0.410 e. The number of nitriles is 1. The molecule has 1 aromatic carbocycles. The zero-order chi connectivity index (χ0) is 34.6. The Morgan fingerprint density at radius 2 is 1.88 bits per heavy atom. The first-order valence-corrected chi connectivity index (χ1v) is 15.6. The van der Waals surface area contributed by atoms with Crippen LogP contribution in [0.2, 0.25) is 0 Å². The van der Waals surface area contributed by atoms with Crippen LogP contribution < -0.4 is 10.9 Å². The summed E-state index contributed by atoms with van der Waals surface area (Å²) in [6.45, 7) is 11.2. The molecule has 1 saturated heterocycles. The predicted octanol–water partition coefficient (Wildman–Crippen LogP) is 3.28. The Morgan fingerprint density at radius 1 is 1.15 bits per heavy atom. The highest BCUT2D eigenvalue weighted by molar-refractivity contribution is 6.04. The Labute approximate surface area is 277 Å². The third kappa shape index (κ3) is 7.55. The molecule has 2 amide bonds. The number of hydrogen-bond donors (Lipinski definition) is 2. The monoisotopic (exact) mass is 657 g/mol. The van der Waals surface area contributed by atoms with Crippen LogP contribution in [0, 0.1) is 11.3 Å². The molecule has 2 atom stereocenters. The van der Waals surface area contributed by atoms with Gasteiger partial charge >= 0.3 is 6.09 Å². The topological polar surface area (TPSA) is 185 Å². The van der Waals surface area contributed by atoms with Crippen molar-refractivity contribution in [3.63, 3.8) is 0 Å². The van der Waals surface area contributed by atoms with Gasteiger partial charge in [0.25, 0.3) is 11.5 Å². The Morgan fingerprint density at radius 3 is 2.54 bits per heavy atom. The van der Waals surface area contributed by atoms with E-state index in [1.54, 1.807) is 23.2 Å². The second kappa shape index (κ2) is 14.1. The Bertz CT molecular complexity index is 1860. The molecule has 2 N–H and O–H groups in total. The predicted molar refractivity (Wildman–Crippen MR) is 173 cm³/mol. The molecule has 1 aliphatic heterocycles. The molecule has 4 heterocycles. The van der Waals surface area contributed by atoms with E-state index in [0.717, 1.165) is 5.56 Å². The molecule has 0 aliphatic carbocycles. The molecular formula is C33H39N9O6. The number of carbonyl (C=O) groups is 2. The quantitative estimate of drug-likeness (QED) is 0.269. The molecule has 0 spiro atoms. The summed E-state index contributed by atoms with van der Waals surface area (Å²) in [5.41, 5.74) is 0.361. The van der Waals surface area contributed by atoms with Gasteiger partial charge in [0.15, 0.2) is 5.69 Å². The second-order valence-corrected chi connectivity index (χ2v) is 12.7. The van der Waals surface area contributed by atoms with E-state index in [2.05, 4.69) is 31.5 Å². The van der Waals surface area contributed by atoms with Gasteiger partial charge < -0.3 is 24.6 Å². The Kier molecular flexibility index (Phi) is 9.95. The van der Waals surface area contributed by atoms with Gasteiger partial charge in [-0.25, -0.2) is 9.78 Å². The van der Waals surface area contributed by atoms with Crippen molar-refractivity contribution in [2.45, 2.75) is 51.7 Å². The fourth-order valence-corrected chi connectivity index (χ4v) is 5.77. The van der Waals surface area contributed by atoms with E-state index in [1.165, 1.54) is 24.1 Å². The second-order valence-electron chi connectivity index (χ2n) is 12.7. The number of hydrogen-bond acceptors (Lipinski definition) is 11. The zero-order valence-electron chi connectivity index (χ0n) is 27.6. The summed E-state index contributed by atoms with van der Waals surface area (Å²) in [5.74, 6) is -2.43. The van der Waals surface area contributed by atoms with E-state index in [1.807, 2.05) is 50.7 Å². The summed E-state index contributed by atoms with van der Waals surface area (Å²) >= 11 is 0. The van der Waals surface area contributed by atoms with Crippen LogP contribution >= 0.6 is 0 Å². The minimum absolute atomic E-state index is 0.224. The van der Waals surface area contributed by atoms with Gasteiger partial charge in [-0.1, -0.05) is 30.3 Å². The number of nitrogens with zero attached hydrogens (tertiary/aromatic N) is 8. The number of aromatic hydroxyl groups is 1. The first kappa shape index (κ1) is 33.9. The van der Waals surface area contributed by atoms with E-state index >= 15 is 0 Å². The highest BCUT2D eigenvalue weighted by Crippen LogP contribution is 2.39. The van der Waals surface area contributed by atoms with Crippen molar-refractivity contribution in [3.05, 3.63) is 87.7 Å². The van der Waals surface area contributed by atoms with Gasteiger partial charge in [0.1, 0.15) is 23.4 Å². The number of ether oxygens (including phenoxy) is 1. The lowest BCUT2D eigenvalue weighted by molar-refractivity contribution is 0.0142. The zero-order valence-corrected chi connectivity index (χ0v) is 27.6. The van der Waals surface area contributed by atoms with Gasteiger partial charge in [-0.05, 0) is 38.0 Å². The summed E-state index contributed by atoms with van der Waals surface area (Å²) < 4.78 is 13.3. The summed E-state index contributed by atoms with van der Waals surface area (Å²) in [6, 6.07) is 9.43. The molecule has 4 aromatic rings. The summed E-state index contributed by atoms with van der Waals surface area (Å²) in [4.78, 5) is 47.1. The van der Waals surface area contributed by atoms with E-state index in [9.17, 15) is 24.8 Å². The Hall–Kier alpha value is -5.49. The van der Waals surface area contributed by atoms with Crippen molar-refractivity contribution >= 4 is 17.7 Å². The maximum absolute atomic E-state index is 13.2. The number of amides is 2. The van der Waals surface area contributed by atoms with Gasteiger partial charge in [-0.15, -0.1) is 0 Å². The fourth-order valence-electron chi connectivity index (χ4n) is 5.77. The molecule has 0 radical (unpaired) electrons. The van der Waals surface area contributed by atoms with Crippen LogP contribution in [0.25, 0.3) is 0 Å². The molecule has 1 aliphatic rings. The number of aromatic nitrogens is 5. The largest absolute Gasteiger partial charge is 0.501 e. The van der Waals surface area contributed by atoms with E-state index in [0.29, 0.717) is 50.4 Å². The molecule has 5 rings (SSSR count). The molecule has 48 heavy (non-hydrogen) atoms. The van der Waals surface area contributed by atoms with Crippen LogP contribution in [0.15, 0.2) is 58.4 Å². The van der Waals surface area contributed by atoms with Crippen LogP contribution in [0.5, 0.6) is 5.75 Å². The minimum atomic E-state index is -0.810. The first-order valence-electron chi connectivity index (χ1n) is 15.6. The maximum atomic E-state index is 13.2. The van der Waals surface area contributed by atoms with Gasteiger partial charge in [0.05, 0.1) is 30.6 Å². The lowest BCUT2D eigenvalue weighted by Crippen LogP contribution is -2.50. The van der Waals surface area contributed by atoms with Crippen LogP contribution in [-0.4, -0.2) is 89.7 Å². The SMILES string of the molecule is C[C@@H](c1nc(C(=O)Nc2cnoc2)c(O)c(=O)n1C)[C@@H](c1cnn(CCN2CCN(C(=O)OC(C)(C)C)CC2)c1)c1ccccc1C#N. The van der Waals surface area contributed by atoms with Gasteiger partial charge in [0, 0.05) is 57.8 Å². The molecule has 15 heteroatoms. The summed E-state index contributed by atoms with van der Waals surface area (Å²) in [6.07, 6.45) is 5.81. The first-order chi connectivity index (χ1) is 22.9. The molecule has 252 valence electrons. The van der Waals surface area contributed by atoms with Crippen molar-refractivity contribution in [1.29, 1.82) is 5.26 Å². The Balaban J connectivity index is 1.38. The molecule has 1 fully saturated rings. The maximum Gasteiger partial charge on any atom is 0.410 e. The van der Waals surface area contributed by atoms with Gasteiger partial charge in [-0.2, -0.15) is 10.4 Å². The lowest BCUT2D eigenvalue weighted by Gasteiger charge is -2.35. The average molecular weight is 658 g/mol. The number of anilines is 1. The molecule has 0 bridgehead atoms. The highest BCUT2D eigenvalue weighted by Gasteiger charge is 2.32. The number of piperazine rings is 1. The van der Waals surface area contributed by atoms with Crippen LogP contribution in [0.4, 0.5) is 10.5 Å². The summed E-state index contributed by atoms with van der Waals surface area (Å²) in [7, 11) is 1.47. The van der Waals surface area contributed by atoms with Crippen molar-refractivity contribution < 1.29 is 24.0 Å². The van der Waals surface area contributed by atoms with E-state index < -0.39 is 40.3 Å². The van der Waals surface area contributed by atoms with Crippen LogP contribution in [0.3, 0.4) is 0 Å². The molecule has 0 unspecified atom stereocenters. The third-order valence-corrected chi connectivity index (χ3v) is 8.21. The average Bonchev–Trinajstić information content (AvgIpc) is 3.75. The standard InChI is InChI=1S/C33H39N9O6/c1-21(29-38-27(28(43)31(45)39(29)5)30(44)37-24-18-36-47-20-24)26(25-9-7-6-8-22(25)16-34)23-17-35-42(19-23)15-12-40-10-13-41(14-11-40)32(46)48-33(2,3)4/h6-9,17-21,26,43H,10-15H2,1-5H3,(H,37,44)/t21-,26+/m1/s1. The molecule has 3 aromatic heterocycles. The molecular weight excluding hydrogens is 618 g/mol.